The summed E-state index contributed by atoms with van der Waals surface area (Å²) in [6.07, 6.45) is 3.30. The van der Waals surface area contributed by atoms with Crippen LogP contribution in [-0.2, 0) is 4.79 Å². The van der Waals surface area contributed by atoms with Gasteiger partial charge in [0.1, 0.15) is 12.0 Å². The second-order valence-electron chi connectivity index (χ2n) is 7.46. The summed E-state index contributed by atoms with van der Waals surface area (Å²) in [4.78, 5) is 27.2. The molecule has 0 bridgehead atoms. The Kier molecular flexibility index (Phi) is 3.77. The van der Waals surface area contributed by atoms with Crippen molar-refractivity contribution < 1.29 is 24.2 Å². The molecule has 8 heteroatoms. The number of likely N-dealkylation sites (tertiary alicyclic amines) is 1. The first-order valence-electron chi connectivity index (χ1n) is 9.30. The monoisotopic (exact) mass is 393 g/mol. The maximum atomic E-state index is 13.3. The molecule has 0 spiro atoms. The maximum absolute atomic E-state index is 13.3. The third kappa shape index (κ3) is 2.41. The molecule has 2 aliphatic rings. The molecule has 2 aliphatic heterocycles. The highest BCUT2D eigenvalue weighted by atomic mass is 16.5. The van der Waals surface area contributed by atoms with Gasteiger partial charge in [-0.05, 0) is 18.2 Å². The smallest absolute Gasteiger partial charge is 0.315 e. The number of amides is 1. The number of aromatic nitrogens is 2. The van der Waals surface area contributed by atoms with Crippen molar-refractivity contribution in [2.24, 2.45) is 5.41 Å². The lowest BCUT2D eigenvalue weighted by Crippen LogP contribution is -2.46. The number of pyridine rings is 1. The Labute approximate surface area is 166 Å². The number of rotatable bonds is 3. The van der Waals surface area contributed by atoms with Gasteiger partial charge in [-0.25, -0.2) is 4.52 Å². The molecule has 5 rings (SSSR count). The van der Waals surface area contributed by atoms with Crippen LogP contribution in [-0.4, -0.2) is 58.3 Å². The van der Waals surface area contributed by atoms with Gasteiger partial charge in [-0.1, -0.05) is 18.2 Å². The van der Waals surface area contributed by atoms with Crippen LogP contribution in [0.2, 0.25) is 0 Å². The van der Waals surface area contributed by atoms with E-state index >= 15 is 0 Å². The molecule has 1 saturated heterocycles. The van der Waals surface area contributed by atoms with E-state index in [1.54, 1.807) is 28.8 Å². The Morgan fingerprint density at radius 2 is 2.14 bits per heavy atom. The fourth-order valence-electron chi connectivity index (χ4n) is 4.48. The van der Waals surface area contributed by atoms with E-state index < -0.39 is 11.4 Å². The lowest BCUT2D eigenvalue weighted by Gasteiger charge is -2.36. The topological polar surface area (TPSA) is 93.4 Å². The minimum Gasteiger partial charge on any atom is -0.493 e. The molecule has 1 N–H and O–H groups in total. The Hall–Kier alpha value is -3.55. The largest absolute Gasteiger partial charge is 0.493 e. The van der Waals surface area contributed by atoms with Gasteiger partial charge in [0, 0.05) is 30.8 Å². The molecule has 1 amide bonds. The van der Waals surface area contributed by atoms with E-state index in [1.807, 2.05) is 30.3 Å². The lowest BCUT2D eigenvalue weighted by atomic mass is 9.73. The minimum atomic E-state index is -1.20. The summed E-state index contributed by atoms with van der Waals surface area (Å²) in [5.41, 5.74) is 0.706. The molecule has 2 atom stereocenters. The number of carboxylic acid groups (broad SMARTS) is 1. The highest BCUT2D eigenvalue weighted by Crippen LogP contribution is 2.52. The van der Waals surface area contributed by atoms with Gasteiger partial charge in [-0.3, -0.25) is 9.59 Å². The maximum Gasteiger partial charge on any atom is 0.315 e. The Morgan fingerprint density at radius 1 is 1.28 bits per heavy atom. The number of para-hydroxylation sites is 1. The van der Waals surface area contributed by atoms with Crippen LogP contribution in [0.5, 0.6) is 11.5 Å². The number of aliphatic carboxylic acids is 1. The van der Waals surface area contributed by atoms with E-state index in [-0.39, 0.29) is 25.0 Å². The first-order valence-corrected chi connectivity index (χ1v) is 9.30. The molecule has 8 nitrogen and oxygen atoms in total. The van der Waals surface area contributed by atoms with E-state index in [1.165, 1.54) is 6.20 Å². The van der Waals surface area contributed by atoms with Crippen LogP contribution in [0.25, 0.3) is 5.52 Å². The van der Waals surface area contributed by atoms with Gasteiger partial charge in [0.15, 0.2) is 11.5 Å². The third-order valence-corrected chi connectivity index (χ3v) is 5.99. The van der Waals surface area contributed by atoms with Crippen molar-refractivity contribution in [3.63, 3.8) is 0 Å². The Balaban J connectivity index is 1.55. The summed E-state index contributed by atoms with van der Waals surface area (Å²) in [5.74, 6) is -0.461. The average molecular weight is 393 g/mol. The molecule has 29 heavy (non-hydrogen) atoms. The molecule has 3 aromatic rings. The third-order valence-electron chi connectivity index (χ3n) is 5.99. The number of hydrogen-bond donors (Lipinski definition) is 1. The van der Waals surface area contributed by atoms with Crippen molar-refractivity contribution in [1.29, 1.82) is 0 Å². The molecular weight excluding hydrogens is 374 g/mol. The van der Waals surface area contributed by atoms with E-state index in [9.17, 15) is 14.7 Å². The van der Waals surface area contributed by atoms with Gasteiger partial charge in [-0.2, -0.15) is 5.10 Å². The standard InChI is InChI=1S/C21H19N3O5/c1-28-17-7-4-5-13-15-10-23(11-21(15,20(26)27)12-29-18(13)17)19(25)14-9-22-24-8-3-2-6-16(14)24/h2-9,15H,10-12H2,1H3,(H,26,27)/t15-,21-/m0/s1. The van der Waals surface area contributed by atoms with Crippen LogP contribution >= 0.6 is 0 Å². The van der Waals surface area contributed by atoms with Crippen LogP contribution in [0, 0.1) is 5.41 Å². The van der Waals surface area contributed by atoms with Crippen LogP contribution < -0.4 is 9.47 Å². The predicted octanol–water partition coefficient (Wildman–Crippen LogP) is 2.05. The molecule has 0 radical (unpaired) electrons. The minimum absolute atomic E-state index is 0.0150. The molecule has 0 unspecified atom stereocenters. The fraction of sp³-hybridized carbons (Fsp3) is 0.286. The van der Waals surface area contributed by atoms with Gasteiger partial charge in [0.05, 0.1) is 24.4 Å². The number of ether oxygens (including phenoxy) is 2. The van der Waals surface area contributed by atoms with Crippen molar-refractivity contribution >= 4 is 17.4 Å². The van der Waals surface area contributed by atoms with Crippen molar-refractivity contribution in [3.8, 4) is 11.5 Å². The predicted molar refractivity (Wildman–Crippen MR) is 102 cm³/mol. The zero-order chi connectivity index (χ0) is 20.2. The fourth-order valence-corrected chi connectivity index (χ4v) is 4.48. The first-order chi connectivity index (χ1) is 14.0. The molecule has 2 aromatic heterocycles. The summed E-state index contributed by atoms with van der Waals surface area (Å²) in [5, 5.41) is 14.3. The molecule has 0 saturated carbocycles. The number of benzene rings is 1. The summed E-state index contributed by atoms with van der Waals surface area (Å²) in [7, 11) is 1.55. The van der Waals surface area contributed by atoms with Gasteiger partial charge in [0.2, 0.25) is 0 Å². The highest BCUT2D eigenvalue weighted by Gasteiger charge is 2.58. The molecule has 4 heterocycles. The molecule has 1 aromatic carbocycles. The van der Waals surface area contributed by atoms with E-state index in [0.29, 0.717) is 29.1 Å². The second kappa shape index (κ2) is 6.23. The summed E-state index contributed by atoms with van der Waals surface area (Å²) >= 11 is 0. The zero-order valence-corrected chi connectivity index (χ0v) is 15.7. The van der Waals surface area contributed by atoms with E-state index in [0.717, 1.165) is 5.56 Å². The molecule has 1 fully saturated rings. The number of hydrogen-bond acceptors (Lipinski definition) is 5. The summed E-state index contributed by atoms with van der Waals surface area (Å²) in [6.45, 7) is 0.352. The van der Waals surface area contributed by atoms with Crippen molar-refractivity contribution in [2.45, 2.75) is 5.92 Å². The number of methoxy groups -OCH3 is 1. The second-order valence-corrected chi connectivity index (χ2v) is 7.46. The van der Waals surface area contributed by atoms with Gasteiger partial charge in [-0.15, -0.1) is 0 Å². The number of carboxylic acids is 1. The normalized spacial score (nSPS) is 22.7. The first kappa shape index (κ1) is 17.5. The van der Waals surface area contributed by atoms with Crippen LogP contribution in [0.3, 0.4) is 0 Å². The highest BCUT2D eigenvalue weighted by molar-refractivity contribution is 6.01. The summed E-state index contributed by atoms with van der Waals surface area (Å²) in [6, 6.07) is 10.9. The summed E-state index contributed by atoms with van der Waals surface area (Å²) < 4.78 is 12.9. The number of carbonyl (C=O) groups is 2. The van der Waals surface area contributed by atoms with Gasteiger partial charge in [0.25, 0.3) is 5.91 Å². The van der Waals surface area contributed by atoms with Crippen LogP contribution in [0.1, 0.15) is 21.8 Å². The van der Waals surface area contributed by atoms with Crippen molar-refractivity contribution in [3.05, 3.63) is 59.9 Å². The molecule has 148 valence electrons. The van der Waals surface area contributed by atoms with Gasteiger partial charge < -0.3 is 19.5 Å². The number of fused-ring (bicyclic) bond motifs is 4. The van der Waals surface area contributed by atoms with Crippen molar-refractivity contribution in [2.75, 3.05) is 26.8 Å². The zero-order valence-electron chi connectivity index (χ0n) is 15.7. The van der Waals surface area contributed by atoms with E-state index in [4.69, 9.17) is 9.47 Å². The average Bonchev–Trinajstić information content (AvgIpc) is 3.35. The quantitative estimate of drug-likeness (QED) is 0.732. The van der Waals surface area contributed by atoms with E-state index in [2.05, 4.69) is 5.10 Å². The number of carbonyl (C=O) groups excluding carboxylic acids is 1. The van der Waals surface area contributed by atoms with Crippen molar-refractivity contribution in [1.82, 2.24) is 14.5 Å². The molecule has 0 aliphatic carbocycles. The van der Waals surface area contributed by atoms with Gasteiger partial charge >= 0.3 is 5.97 Å². The Bertz CT molecular complexity index is 1140. The number of nitrogens with zero attached hydrogens (tertiary/aromatic N) is 3. The van der Waals surface area contributed by atoms with Crippen LogP contribution in [0.15, 0.2) is 48.8 Å². The Morgan fingerprint density at radius 3 is 2.93 bits per heavy atom. The van der Waals surface area contributed by atoms with Crippen LogP contribution in [0.4, 0.5) is 0 Å². The molecular formula is C21H19N3O5. The SMILES string of the molecule is COc1cccc2c1OC[C@@]1(C(=O)O)CN(C(=O)c3cnn4ccccc34)C[C@@H]21. The lowest BCUT2D eigenvalue weighted by molar-refractivity contribution is -0.151.